The quantitative estimate of drug-likeness (QED) is 0.399. The van der Waals surface area contributed by atoms with Gasteiger partial charge in [0.25, 0.3) is 0 Å². The monoisotopic (exact) mass is 533 g/mol. The fourth-order valence-corrected chi connectivity index (χ4v) is 6.09. The molecule has 0 saturated heterocycles. The third-order valence-corrected chi connectivity index (χ3v) is 7.07. The van der Waals surface area contributed by atoms with Crippen LogP contribution in [0.2, 0.25) is 0 Å². The van der Waals surface area contributed by atoms with Gasteiger partial charge in [-0.3, -0.25) is 0 Å². The Morgan fingerprint density at radius 3 is 2.62 bits per heavy atom. The molecule has 0 amide bonds. The van der Waals surface area contributed by atoms with E-state index < -0.39 is 0 Å². The van der Waals surface area contributed by atoms with Gasteiger partial charge in [-0.05, 0) is 0 Å². The van der Waals surface area contributed by atoms with Gasteiger partial charge in [-0.25, -0.2) is 0 Å². The van der Waals surface area contributed by atoms with Gasteiger partial charge in [0.15, 0.2) is 0 Å². The van der Waals surface area contributed by atoms with E-state index in [9.17, 15) is 0 Å². The summed E-state index contributed by atoms with van der Waals surface area (Å²) in [7, 11) is 0. The van der Waals surface area contributed by atoms with Crippen LogP contribution in [0.5, 0.6) is 0 Å². The van der Waals surface area contributed by atoms with Crippen LogP contribution in [-0.2, 0) is 26.1 Å². The van der Waals surface area contributed by atoms with Gasteiger partial charge in [-0.2, -0.15) is 0 Å². The first-order valence-corrected chi connectivity index (χ1v) is 12.4. The van der Waals surface area contributed by atoms with Gasteiger partial charge in [0, 0.05) is 0 Å². The summed E-state index contributed by atoms with van der Waals surface area (Å²) in [4.78, 5) is 7.53. The molecular formula is C23H27HgN2. The number of hydrogen-bond donors (Lipinski definition) is 0. The van der Waals surface area contributed by atoms with Crippen molar-refractivity contribution in [2.75, 3.05) is 0 Å². The Balaban J connectivity index is 2.08. The fourth-order valence-electron chi connectivity index (χ4n) is 3.89. The number of benzene rings is 1. The average molecular weight is 532 g/mol. The fraction of sp³-hybridized carbons (Fsp3) is 0.348. The van der Waals surface area contributed by atoms with Crippen molar-refractivity contribution in [1.82, 2.24) is 4.90 Å². The molecule has 1 aliphatic carbocycles. The van der Waals surface area contributed by atoms with Crippen LogP contribution in [0.4, 0.5) is 0 Å². The van der Waals surface area contributed by atoms with Gasteiger partial charge in [-0.15, -0.1) is 0 Å². The van der Waals surface area contributed by atoms with Gasteiger partial charge in [0.1, 0.15) is 0 Å². The third-order valence-electron chi connectivity index (χ3n) is 5.14. The van der Waals surface area contributed by atoms with Crippen molar-refractivity contribution in [3.05, 3.63) is 83.2 Å². The van der Waals surface area contributed by atoms with Crippen molar-refractivity contribution < 1.29 is 26.1 Å². The van der Waals surface area contributed by atoms with E-state index in [1.807, 2.05) is 0 Å². The van der Waals surface area contributed by atoms with Gasteiger partial charge in [0.2, 0.25) is 0 Å². The molecule has 3 rings (SSSR count). The molecule has 0 N–H and O–H groups in total. The van der Waals surface area contributed by atoms with Crippen molar-refractivity contribution in [3.63, 3.8) is 0 Å². The van der Waals surface area contributed by atoms with Gasteiger partial charge >= 0.3 is 175 Å². The molecular weight excluding hydrogens is 505 g/mol. The van der Waals surface area contributed by atoms with E-state index in [0.717, 1.165) is 32.1 Å². The van der Waals surface area contributed by atoms with E-state index >= 15 is 0 Å². The molecule has 0 aromatic heterocycles. The minimum absolute atomic E-state index is 0.218. The second kappa shape index (κ2) is 8.99. The molecule has 1 atom stereocenters. The van der Waals surface area contributed by atoms with Crippen LogP contribution in [0.3, 0.4) is 0 Å². The second-order valence-corrected chi connectivity index (χ2v) is 9.35. The van der Waals surface area contributed by atoms with E-state index in [1.165, 1.54) is 31.4 Å². The van der Waals surface area contributed by atoms with Crippen molar-refractivity contribution in [2.45, 2.75) is 52.0 Å². The second-order valence-electron chi connectivity index (χ2n) is 6.90. The molecule has 1 aromatic carbocycles. The van der Waals surface area contributed by atoms with Gasteiger partial charge in [-0.1, -0.05) is 0 Å². The molecule has 0 bridgehead atoms. The first-order chi connectivity index (χ1) is 12.7. The molecule has 26 heavy (non-hydrogen) atoms. The molecule has 1 aliphatic heterocycles. The SMILES string of the molecule is C=C1C(CCC)=C(CC)N=[C]([Hg])N1C(C1=CC=CCC1)c1ccccc1. The molecule has 0 saturated carbocycles. The molecule has 131 valence electrons. The topological polar surface area (TPSA) is 15.6 Å². The summed E-state index contributed by atoms with van der Waals surface area (Å²) in [5, 5.41) is 0. The Kier molecular flexibility index (Phi) is 6.69. The van der Waals surface area contributed by atoms with Crippen LogP contribution in [0.15, 0.2) is 82.7 Å². The van der Waals surface area contributed by atoms with E-state index in [1.54, 1.807) is 0 Å². The molecule has 1 unspecified atom stereocenters. The number of aliphatic imine (C=N–C) groups is 1. The molecule has 2 aliphatic rings. The zero-order valence-electron chi connectivity index (χ0n) is 16.0. The summed E-state index contributed by atoms with van der Waals surface area (Å²) in [5.74, 6) is 0. The normalized spacial score (nSPS) is 18.8. The first-order valence-electron chi connectivity index (χ1n) is 9.69. The summed E-state index contributed by atoms with van der Waals surface area (Å²) in [5.41, 5.74) is 6.59. The Morgan fingerprint density at radius 1 is 1.23 bits per heavy atom. The summed E-state index contributed by atoms with van der Waals surface area (Å²) in [6.07, 6.45) is 12.2. The standard InChI is InChI=1S/C23H27N2.Hg/c1-4-12-21-18(3)25(17-24-22(21)5-2)23(19-13-8-6-9-14-19)20-15-10-7-11-16-20;/h6-10,13-15,23H,3-5,11-12,16H2,1-2H3;. The predicted molar refractivity (Wildman–Crippen MR) is 106 cm³/mol. The van der Waals surface area contributed by atoms with E-state index in [-0.39, 0.29) is 6.04 Å². The summed E-state index contributed by atoms with van der Waals surface area (Å²) < 4.78 is 1.25. The molecule has 0 spiro atoms. The number of amidine groups is 1. The maximum atomic E-state index is 5.08. The van der Waals surface area contributed by atoms with Crippen molar-refractivity contribution in [1.29, 1.82) is 0 Å². The minimum atomic E-state index is 0.218. The number of hydrogen-bond acceptors (Lipinski definition) is 2. The van der Waals surface area contributed by atoms with Crippen LogP contribution < -0.4 is 0 Å². The Bertz CT molecular complexity index is 784. The van der Waals surface area contributed by atoms with E-state index in [2.05, 4.69) is 73.9 Å². The van der Waals surface area contributed by atoms with Crippen molar-refractivity contribution >= 4 is 3.34 Å². The van der Waals surface area contributed by atoms with Crippen molar-refractivity contribution in [3.8, 4) is 0 Å². The van der Waals surface area contributed by atoms with Gasteiger partial charge < -0.3 is 0 Å². The molecule has 0 fully saturated rings. The van der Waals surface area contributed by atoms with Crippen LogP contribution in [0.1, 0.15) is 57.6 Å². The van der Waals surface area contributed by atoms with Crippen LogP contribution in [-0.4, -0.2) is 8.24 Å². The Hall–Kier alpha value is -1.41. The number of rotatable bonds is 6. The average Bonchev–Trinajstić information content (AvgIpc) is 2.68. The number of allylic oxidation sites excluding steroid dienone is 5. The summed E-state index contributed by atoms with van der Waals surface area (Å²) in [6, 6.07) is 11.1. The van der Waals surface area contributed by atoms with Gasteiger partial charge in [0.05, 0.1) is 0 Å². The number of nitrogens with zero attached hydrogens (tertiary/aromatic N) is 2. The van der Waals surface area contributed by atoms with Crippen LogP contribution in [0.25, 0.3) is 0 Å². The molecule has 2 nitrogen and oxygen atoms in total. The molecule has 0 radical (unpaired) electrons. The zero-order chi connectivity index (χ0) is 18.5. The Labute approximate surface area is 174 Å². The summed E-state index contributed by atoms with van der Waals surface area (Å²) in [6.45, 7) is 9.01. The molecule has 1 heterocycles. The van der Waals surface area contributed by atoms with E-state index in [4.69, 9.17) is 4.99 Å². The third kappa shape index (κ3) is 3.95. The predicted octanol–water partition coefficient (Wildman–Crippen LogP) is 6.20. The molecule has 1 aromatic rings. The Morgan fingerprint density at radius 2 is 2.00 bits per heavy atom. The molecule has 3 heteroatoms. The van der Waals surface area contributed by atoms with Crippen molar-refractivity contribution in [2.24, 2.45) is 4.99 Å². The summed E-state index contributed by atoms with van der Waals surface area (Å²) >= 11 is 0.432. The maximum absolute atomic E-state index is 5.08. The first kappa shape index (κ1) is 19.3. The van der Waals surface area contributed by atoms with Crippen LogP contribution in [0, 0.1) is 0 Å². The van der Waals surface area contributed by atoms with E-state index in [0.29, 0.717) is 26.1 Å². The zero-order valence-corrected chi connectivity index (χ0v) is 21.5. The van der Waals surface area contributed by atoms with Crippen LogP contribution >= 0.6 is 0 Å².